The Balaban J connectivity index is 1.67. The van der Waals surface area contributed by atoms with Crippen molar-refractivity contribution < 1.29 is 9.53 Å². The molecule has 5 heteroatoms. The number of benzene rings is 1. The summed E-state index contributed by atoms with van der Waals surface area (Å²) in [6.45, 7) is 0.801. The fraction of sp³-hybridized carbons (Fsp3) is 0.438. The summed E-state index contributed by atoms with van der Waals surface area (Å²) in [5.41, 5.74) is 3.21. The van der Waals surface area contributed by atoms with Gasteiger partial charge in [0.25, 0.3) is 0 Å². The summed E-state index contributed by atoms with van der Waals surface area (Å²) in [5.74, 6) is 0.0132. The van der Waals surface area contributed by atoms with Crippen molar-refractivity contribution in [1.29, 1.82) is 0 Å². The number of nitrogens with one attached hydrogen (secondary N) is 2. The summed E-state index contributed by atoms with van der Waals surface area (Å²) in [6.07, 6.45) is 3.59. The van der Waals surface area contributed by atoms with Crippen LogP contribution in [0.3, 0.4) is 0 Å². The maximum Gasteiger partial charge on any atom is 0.310 e. The predicted octanol–water partition coefficient (Wildman–Crippen LogP) is 3.31. The zero-order valence-electron chi connectivity index (χ0n) is 11.6. The van der Waals surface area contributed by atoms with Crippen molar-refractivity contribution in [3.63, 3.8) is 0 Å². The molecule has 0 radical (unpaired) electrons. The van der Waals surface area contributed by atoms with Crippen LogP contribution in [0.5, 0.6) is 0 Å². The second-order valence-corrected chi connectivity index (χ2v) is 6.29. The molecule has 1 saturated carbocycles. The van der Waals surface area contributed by atoms with E-state index in [1.165, 1.54) is 5.56 Å². The Morgan fingerprint density at radius 3 is 2.95 bits per heavy atom. The molecule has 2 aromatic rings. The highest BCUT2D eigenvalue weighted by Gasteiger charge is 2.32. The molecule has 1 aromatic heterocycles. The topological polar surface area (TPSA) is 54.1 Å². The lowest BCUT2D eigenvalue weighted by Gasteiger charge is -2.29. The first kappa shape index (κ1) is 13.2. The summed E-state index contributed by atoms with van der Waals surface area (Å²) in [7, 11) is 0. The first-order valence-corrected chi connectivity index (χ1v) is 7.84. The van der Waals surface area contributed by atoms with Crippen LogP contribution < -0.4 is 5.32 Å². The molecule has 1 aliphatic heterocycles. The number of carbonyl (C=O) groups excluding carboxylic acids is 1. The lowest BCUT2D eigenvalue weighted by molar-refractivity contribution is -0.159. The monoisotopic (exact) mass is 304 g/mol. The van der Waals surface area contributed by atoms with Gasteiger partial charge in [0.15, 0.2) is 6.23 Å². The lowest BCUT2D eigenvalue weighted by atomic mass is 9.86. The van der Waals surface area contributed by atoms with E-state index in [4.69, 9.17) is 16.3 Å². The Labute approximate surface area is 127 Å². The molecule has 2 N–H and O–H groups in total. The molecule has 1 aromatic carbocycles. The first-order valence-electron chi connectivity index (χ1n) is 7.46. The molecule has 110 valence electrons. The van der Waals surface area contributed by atoms with Gasteiger partial charge in [-0.05, 0) is 43.0 Å². The molecule has 4 rings (SSSR count). The van der Waals surface area contributed by atoms with Crippen molar-refractivity contribution in [3.8, 4) is 0 Å². The smallest absolute Gasteiger partial charge is 0.310 e. The van der Waals surface area contributed by atoms with E-state index in [-0.39, 0.29) is 18.1 Å². The third-order valence-electron chi connectivity index (χ3n) is 4.54. The van der Waals surface area contributed by atoms with E-state index < -0.39 is 0 Å². The summed E-state index contributed by atoms with van der Waals surface area (Å²) in [5, 5.41) is 5.13. The normalized spacial score (nSPS) is 21.9. The van der Waals surface area contributed by atoms with Crippen LogP contribution in [0.1, 0.15) is 36.7 Å². The van der Waals surface area contributed by atoms with Gasteiger partial charge in [-0.2, -0.15) is 0 Å². The van der Waals surface area contributed by atoms with Gasteiger partial charge in [0.1, 0.15) is 0 Å². The van der Waals surface area contributed by atoms with Crippen LogP contribution >= 0.6 is 11.6 Å². The van der Waals surface area contributed by atoms with Crippen LogP contribution in [-0.4, -0.2) is 17.5 Å². The number of hydrogen-bond acceptors (Lipinski definition) is 3. The standard InChI is InChI=1S/C16H17ClN2O2/c17-10-4-5-13-12(8-10)11-6-7-18-15(14(11)19-13)21-16(20)9-2-1-3-9/h4-5,8-9,15,18-19H,1-3,6-7H2. The molecule has 0 spiro atoms. The van der Waals surface area contributed by atoms with Crippen molar-refractivity contribution in [2.45, 2.75) is 31.9 Å². The summed E-state index contributed by atoms with van der Waals surface area (Å²) in [4.78, 5) is 15.5. The highest BCUT2D eigenvalue weighted by molar-refractivity contribution is 6.31. The zero-order valence-corrected chi connectivity index (χ0v) is 12.4. The quantitative estimate of drug-likeness (QED) is 0.837. The van der Waals surface area contributed by atoms with Gasteiger partial charge < -0.3 is 9.72 Å². The fourth-order valence-electron chi connectivity index (χ4n) is 3.12. The Bertz CT molecular complexity index is 706. The third-order valence-corrected chi connectivity index (χ3v) is 4.78. The second-order valence-electron chi connectivity index (χ2n) is 5.86. The highest BCUT2D eigenvalue weighted by Crippen LogP contribution is 2.34. The second kappa shape index (κ2) is 5.04. The van der Waals surface area contributed by atoms with Crippen LogP contribution in [0, 0.1) is 5.92 Å². The van der Waals surface area contributed by atoms with Crippen molar-refractivity contribution in [2.75, 3.05) is 6.54 Å². The van der Waals surface area contributed by atoms with Crippen molar-refractivity contribution in [2.24, 2.45) is 5.92 Å². The number of esters is 1. The average Bonchev–Trinajstić information content (AvgIpc) is 2.76. The first-order chi connectivity index (χ1) is 10.2. The highest BCUT2D eigenvalue weighted by atomic mass is 35.5. The Morgan fingerprint density at radius 1 is 1.33 bits per heavy atom. The van der Waals surface area contributed by atoms with E-state index >= 15 is 0 Å². The van der Waals surface area contributed by atoms with Gasteiger partial charge in [-0.15, -0.1) is 0 Å². The molecule has 0 amide bonds. The maximum atomic E-state index is 12.1. The van der Waals surface area contributed by atoms with Crippen LogP contribution in [-0.2, 0) is 16.0 Å². The summed E-state index contributed by atoms with van der Waals surface area (Å²) >= 11 is 6.09. The maximum absolute atomic E-state index is 12.1. The molecular formula is C16H17ClN2O2. The number of aromatic nitrogens is 1. The minimum Gasteiger partial charge on any atom is -0.440 e. The van der Waals surface area contributed by atoms with Crippen molar-refractivity contribution >= 4 is 28.5 Å². The van der Waals surface area contributed by atoms with Crippen LogP contribution in [0.25, 0.3) is 10.9 Å². The third kappa shape index (κ3) is 2.23. The average molecular weight is 305 g/mol. The van der Waals surface area contributed by atoms with Gasteiger partial charge >= 0.3 is 5.97 Å². The fourth-order valence-corrected chi connectivity index (χ4v) is 3.29. The van der Waals surface area contributed by atoms with Gasteiger partial charge in [0.2, 0.25) is 0 Å². The number of H-pyrrole nitrogens is 1. The molecule has 1 unspecified atom stereocenters. The lowest BCUT2D eigenvalue weighted by Crippen LogP contribution is -2.35. The van der Waals surface area contributed by atoms with Crippen LogP contribution in [0.2, 0.25) is 5.02 Å². The number of rotatable bonds is 2. The number of fused-ring (bicyclic) bond motifs is 3. The molecule has 1 fully saturated rings. The van der Waals surface area contributed by atoms with Gasteiger partial charge in [-0.3, -0.25) is 10.1 Å². The Hall–Kier alpha value is -1.52. The number of aromatic amines is 1. The molecule has 21 heavy (non-hydrogen) atoms. The minimum atomic E-state index is -0.368. The summed E-state index contributed by atoms with van der Waals surface area (Å²) in [6, 6.07) is 5.82. The molecule has 2 aliphatic rings. The molecule has 1 atom stereocenters. The van der Waals surface area contributed by atoms with Gasteiger partial charge in [-0.1, -0.05) is 18.0 Å². The van der Waals surface area contributed by atoms with E-state index in [0.29, 0.717) is 0 Å². The molecule has 0 bridgehead atoms. The predicted molar refractivity (Wildman–Crippen MR) is 81.2 cm³/mol. The van der Waals surface area contributed by atoms with E-state index in [0.717, 1.165) is 53.8 Å². The minimum absolute atomic E-state index is 0.0803. The Kier molecular flexibility index (Phi) is 3.16. The van der Waals surface area contributed by atoms with Gasteiger partial charge in [0.05, 0.1) is 11.6 Å². The van der Waals surface area contributed by atoms with Gasteiger partial charge in [0, 0.05) is 22.5 Å². The molecule has 4 nitrogen and oxygen atoms in total. The van der Waals surface area contributed by atoms with Crippen molar-refractivity contribution in [1.82, 2.24) is 10.3 Å². The number of carbonyl (C=O) groups is 1. The molecule has 1 aliphatic carbocycles. The van der Waals surface area contributed by atoms with E-state index in [9.17, 15) is 4.79 Å². The number of hydrogen-bond donors (Lipinski definition) is 2. The molecular weight excluding hydrogens is 288 g/mol. The van der Waals surface area contributed by atoms with Gasteiger partial charge in [-0.25, -0.2) is 0 Å². The molecule has 2 heterocycles. The SMILES string of the molecule is O=C(OC1NCCc2c1[nH]c1ccc(Cl)cc21)C1CCC1. The molecule has 0 saturated heterocycles. The van der Waals surface area contributed by atoms with E-state index in [1.807, 2.05) is 18.2 Å². The van der Waals surface area contributed by atoms with Crippen LogP contribution in [0.15, 0.2) is 18.2 Å². The van der Waals surface area contributed by atoms with E-state index in [1.54, 1.807) is 0 Å². The zero-order chi connectivity index (χ0) is 14.4. The number of ether oxygens (including phenoxy) is 1. The van der Waals surface area contributed by atoms with Crippen LogP contribution in [0.4, 0.5) is 0 Å². The largest absolute Gasteiger partial charge is 0.440 e. The number of halogens is 1. The summed E-state index contributed by atoms with van der Waals surface area (Å²) < 4.78 is 5.67. The Morgan fingerprint density at radius 2 is 2.19 bits per heavy atom. The van der Waals surface area contributed by atoms with E-state index in [2.05, 4.69) is 10.3 Å². The van der Waals surface area contributed by atoms with Crippen molar-refractivity contribution in [3.05, 3.63) is 34.5 Å².